The Hall–Kier alpha value is -0.870. The Balaban J connectivity index is 3.21. The lowest BCUT2D eigenvalue weighted by atomic mass is 10.1. The van der Waals surface area contributed by atoms with E-state index >= 15 is 0 Å². The van der Waals surface area contributed by atoms with Gasteiger partial charge in [0.2, 0.25) is 0 Å². The predicted octanol–water partition coefficient (Wildman–Crippen LogP) is 1.93. The molecule has 1 aromatic carbocycles. The molecule has 0 aliphatic rings. The zero-order valence-electron chi connectivity index (χ0n) is 9.90. The van der Waals surface area contributed by atoms with Gasteiger partial charge in [-0.1, -0.05) is 12.1 Å². The van der Waals surface area contributed by atoms with Gasteiger partial charge in [-0.05, 0) is 44.9 Å². The molecule has 0 spiro atoms. The van der Waals surface area contributed by atoms with Gasteiger partial charge in [0.05, 0.1) is 9.64 Å². The second kappa shape index (κ2) is 4.55. The number of aliphatic hydroxyl groups excluding tert-OH is 1. The summed E-state index contributed by atoms with van der Waals surface area (Å²) in [4.78, 5) is 0.325. The summed E-state index contributed by atoms with van der Waals surface area (Å²) in [6, 6.07) is 6.85. The highest BCUT2D eigenvalue weighted by molar-refractivity contribution is 7.92. The van der Waals surface area contributed by atoms with Crippen LogP contribution in [-0.2, 0) is 9.84 Å². The van der Waals surface area contributed by atoms with Crippen molar-refractivity contribution >= 4 is 9.84 Å². The molecule has 0 aliphatic heterocycles. The number of hydrogen-bond donors (Lipinski definition) is 1. The van der Waals surface area contributed by atoms with E-state index < -0.39 is 14.6 Å². The summed E-state index contributed by atoms with van der Waals surface area (Å²) < 4.78 is 23.6. The van der Waals surface area contributed by atoms with E-state index in [0.29, 0.717) is 4.90 Å². The molecule has 0 atom stereocenters. The zero-order valence-corrected chi connectivity index (χ0v) is 10.7. The molecule has 3 nitrogen and oxygen atoms in total. The summed E-state index contributed by atoms with van der Waals surface area (Å²) in [6.07, 6.45) is 0.239. The van der Waals surface area contributed by atoms with Crippen LogP contribution in [-0.4, -0.2) is 24.9 Å². The minimum atomic E-state index is -3.38. The largest absolute Gasteiger partial charge is 0.396 e. The van der Waals surface area contributed by atoms with E-state index in [1.807, 2.05) is 13.0 Å². The van der Waals surface area contributed by atoms with Gasteiger partial charge >= 0.3 is 0 Å². The van der Waals surface area contributed by atoms with Crippen LogP contribution in [0.2, 0.25) is 0 Å². The fraction of sp³-hybridized carbons (Fsp3) is 0.500. The van der Waals surface area contributed by atoms with Gasteiger partial charge in [-0.25, -0.2) is 8.42 Å². The molecule has 0 unspecified atom stereocenters. The second-order valence-electron chi connectivity index (χ2n) is 4.55. The van der Waals surface area contributed by atoms with Crippen LogP contribution < -0.4 is 0 Å². The van der Waals surface area contributed by atoms with Crippen molar-refractivity contribution in [1.82, 2.24) is 0 Å². The monoisotopic (exact) mass is 242 g/mol. The third-order valence-electron chi connectivity index (χ3n) is 2.74. The molecule has 4 heteroatoms. The Labute approximate surface area is 97.0 Å². The summed E-state index contributed by atoms with van der Waals surface area (Å²) in [5.74, 6) is 0. The van der Waals surface area contributed by atoms with Gasteiger partial charge in [0, 0.05) is 6.61 Å². The molecule has 0 bridgehead atoms. The molecule has 0 amide bonds. The molecular formula is C12H18O3S. The van der Waals surface area contributed by atoms with Gasteiger partial charge < -0.3 is 5.11 Å². The number of hydrogen-bond acceptors (Lipinski definition) is 3. The third kappa shape index (κ3) is 2.44. The van der Waals surface area contributed by atoms with Gasteiger partial charge in [0.25, 0.3) is 0 Å². The van der Waals surface area contributed by atoms with Crippen molar-refractivity contribution in [3.05, 3.63) is 29.8 Å². The van der Waals surface area contributed by atoms with Crippen LogP contribution in [0.25, 0.3) is 0 Å². The van der Waals surface area contributed by atoms with Crippen molar-refractivity contribution in [2.24, 2.45) is 0 Å². The highest BCUT2D eigenvalue weighted by atomic mass is 32.2. The Kier molecular flexibility index (Phi) is 3.76. The summed E-state index contributed by atoms with van der Waals surface area (Å²) in [6.45, 7) is 5.01. The summed E-state index contributed by atoms with van der Waals surface area (Å²) in [5.41, 5.74) is 0.917. The Morgan fingerprint density at radius 3 is 2.44 bits per heavy atom. The van der Waals surface area contributed by atoms with Crippen molar-refractivity contribution in [2.75, 3.05) is 6.61 Å². The van der Waals surface area contributed by atoms with Crippen molar-refractivity contribution in [2.45, 2.75) is 36.8 Å². The molecule has 0 aliphatic carbocycles. The van der Waals surface area contributed by atoms with Crippen molar-refractivity contribution in [3.63, 3.8) is 0 Å². The number of rotatable bonds is 4. The molecule has 1 rings (SSSR count). The van der Waals surface area contributed by atoms with Gasteiger partial charge in [0.15, 0.2) is 9.84 Å². The first-order valence-electron chi connectivity index (χ1n) is 5.23. The van der Waals surface area contributed by atoms with Crippen molar-refractivity contribution < 1.29 is 13.5 Å². The fourth-order valence-corrected chi connectivity index (χ4v) is 3.10. The maximum absolute atomic E-state index is 12.3. The standard InChI is InChI=1S/C12H18O3S/c1-10-5-4-6-11(9-10)16(14,15)12(2,3)7-8-13/h4-6,9,13H,7-8H2,1-3H3. The minimum absolute atomic E-state index is 0.127. The van der Waals surface area contributed by atoms with Crippen molar-refractivity contribution in [3.8, 4) is 0 Å². The van der Waals surface area contributed by atoms with E-state index in [0.717, 1.165) is 5.56 Å². The fourth-order valence-electron chi connectivity index (χ4n) is 1.51. The first-order valence-corrected chi connectivity index (χ1v) is 6.72. The lowest BCUT2D eigenvalue weighted by molar-refractivity contribution is 0.272. The van der Waals surface area contributed by atoms with E-state index in [2.05, 4.69) is 0 Å². The lowest BCUT2D eigenvalue weighted by Crippen LogP contribution is -2.33. The summed E-state index contributed by atoms with van der Waals surface area (Å²) in [5, 5.41) is 8.90. The first-order chi connectivity index (χ1) is 7.31. The Bertz CT molecular complexity index is 461. The highest BCUT2D eigenvalue weighted by Crippen LogP contribution is 2.28. The van der Waals surface area contributed by atoms with Gasteiger partial charge in [-0.2, -0.15) is 0 Å². The molecular weight excluding hydrogens is 224 g/mol. The van der Waals surface area contributed by atoms with Gasteiger partial charge in [-0.15, -0.1) is 0 Å². The SMILES string of the molecule is Cc1cccc(S(=O)(=O)C(C)(C)CCO)c1. The molecule has 0 heterocycles. The number of sulfone groups is 1. The Morgan fingerprint density at radius 1 is 1.31 bits per heavy atom. The molecule has 1 N–H and O–H groups in total. The van der Waals surface area contributed by atoms with Crippen LogP contribution >= 0.6 is 0 Å². The maximum Gasteiger partial charge on any atom is 0.183 e. The van der Waals surface area contributed by atoms with Crippen molar-refractivity contribution in [1.29, 1.82) is 0 Å². The summed E-state index contributed by atoms with van der Waals surface area (Å²) >= 11 is 0. The highest BCUT2D eigenvalue weighted by Gasteiger charge is 2.35. The molecule has 0 fully saturated rings. The lowest BCUT2D eigenvalue weighted by Gasteiger charge is -2.24. The van der Waals surface area contributed by atoms with Crippen LogP contribution in [0, 0.1) is 6.92 Å². The number of aliphatic hydroxyl groups is 1. The topological polar surface area (TPSA) is 54.4 Å². The van der Waals surface area contributed by atoms with Gasteiger partial charge in [0.1, 0.15) is 0 Å². The summed E-state index contributed by atoms with van der Waals surface area (Å²) in [7, 11) is -3.38. The number of benzene rings is 1. The smallest absolute Gasteiger partial charge is 0.183 e. The van der Waals surface area contributed by atoms with Crippen LogP contribution in [0.4, 0.5) is 0 Å². The second-order valence-corrected chi connectivity index (χ2v) is 7.14. The van der Waals surface area contributed by atoms with Gasteiger partial charge in [-0.3, -0.25) is 0 Å². The minimum Gasteiger partial charge on any atom is -0.396 e. The molecule has 16 heavy (non-hydrogen) atoms. The Morgan fingerprint density at radius 2 is 1.94 bits per heavy atom. The normalized spacial score (nSPS) is 12.8. The molecule has 1 aromatic rings. The van der Waals surface area contributed by atoms with E-state index in [1.165, 1.54) is 0 Å². The molecule has 0 radical (unpaired) electrons. The molecule has 90 valence electrons. The molecule has 0 saturated carbocycles. The third-order valence-corrected chi connectivity index (χ3v) is 5.27. The van der Waals surface area contributed by atoms with Crippen LogP contribution in [0.15, 0.2) is 29.2 Å². The maximum atomic E-state index is 12.3. The first kappa shape index (κ1) is 13.2. The van der Waals surface area contributed by atoms with E-state index in [4.69, 9.17) is 5.11 Å². The van der Waals surface area contributed by atoms with E-state index in [-0.39, 0.29) is 13.0 Å². The number of aryl methyl sites for hydroxylation is 1. The molecule has 0 aromatic heterocycles. The average Bonchev–Trinajstić information content (AvgIpc) is 2.17. The van der Waals surface area contributed by atoms with Crippen LogP contribution in [0.5, 0.6) is 0 Å². The predicted molar refractivity (Wildman–Crippen MR) is 64.1 cm³/mol. The van der Waals surface area contributed by atoms with E-state index in [1.54, 1.807) is 32.0 Å². The van der Waals surface area contributed by atoms with Crippen LogP contribution in [0.1, 0.15) is 25.8 Å². The quantitative estimate of drug-likeness (QED) is 0.877. The van der Waals surface area contributed by atoms with E-state index in [9.17, 15) is 8.42 Å². The zero-order chi connectivity index (χ0) is 12.4. The molecule has 0 saturated heterocycles. The average molecular weight is 242 g/mol. The van der Waals surface area contributed by atoms with Crippen LogP contribution in [0.3, 0.4) is 0 Å².